The largest absolute Gasteiger partial charge is 0.480 e. The molecule has 0 aliphatic carbocycles. The molecule has 0 atom stereocenters. The Balaban J connectivity index is 2.44. The van der Waals surface area contributed by atoms with Crippen LogP contribution in [0.25, 0.3) is 11.3 Å². The average Bonchev–Trinajstić information content (AvgIpc) is 2.61. The summed E-state index contributed by atoms with van der Waals surface area (Å²) < 4.78 is 6.84. The summed E-state index contributed by atoms with van der Waals surface area (Å²) in [5.74, 6) is 0.613. The molecule has 0 N–H and O–H groups in total. The molecule has 1 aromatic carbocycles. The van der Waals surface area contributed by atoms with Crippen molar-refractivity contribution in [2.75, 3.05) is 7.11 Å². The zero-order valence-electron chi connectivity index (χ0n) is 8.57. The van der Waals surface area contributed by atoms with Gasteiger partial charge >= 0.3 is 0 Å². The molecule has 2 rings (SSSR count). The second-order valence-electron chi connectivity index (χ2n) is 3.20. The summed E-state index contributed by atoms with van der Waals surface area (Å²) >= 11 is 5.82. The van der Waals surface area contributed by atoms with Crippen LogP contribution in [-0.4, -0.2) is 16.9 Å². The summed E-state index contributed by atoms with van der Waals surface area (Å²) in [5, 5.41) is 4.92. The first-order valence-electron chi connectivity index (χ1n) is 4.54. The van der Waals surface area contributed by atoms with Gasteiger partial charge in [-0.3, -0.25) is 4.68 Å². The predicted molar refractivity (Wildman–Crippen MR) is 60.2 cm³/mol. The Hall–Kier alpha value is -1.48. The van der Waals surface area contributed by atoms with Crippen molar-refractivity contribution in [1.82, 2.24) is 9.78 Å². The van der Waals surface area contributed by atoms with Crippen LogP contribution in [0.4, 0.5) is 0 Å². The summed E-state index contributed by atoms with van der Waals surface area (Å²) in [6.07, 6.45) is 0. The standard InChI is InChI=1S/C11H11ClN2O/c1-14-10(7-11(13-14)15-2)8-3-5-9(12)6-4-8/h3-7H,1-2H3. The van der Waals surface area contributed by atoms with Crippen LogP contribution in [0.5, 0.6) is 5.88 Å². The molecule has 0 spiro atoms. The average molecular weight is 223 g/mol. The molecule has 0 fully saturated rings. The minimum Gasteiger partial charge on any atom is -0.480 e. The first-order valence-corrected chi connectivity index (χ1v) is 4.92. The molecule has 0 saturated heterocycles. The second kappa shape index (κ2) is 3.95. The summed E-state index contributed by atoms with van der Waals surface area (Å²) in [7, 11) is 3.49. The first kappa shape index (κ1) is 10.1. The van der Waals surface area contributed by atoms with Gasteiger partial charge in [0.1, 0.15) is 0 Å². The number of benzene rings is 1. The number of halogens is 1. The summed E-state index contributed by atoms with van der Waals surface area (Å²) in [4.78, 5) is 0. The minimum absolute atomic E-state index is 0.613. The van der Waals surface area contributed by atoms with Gasteiger partial charge in [-0.2, -0.15) is 0 Å². The van der Waals surface area contributed by atoms with Gasteiger partial charge in [-0.15, -0.1) is 5.10 Å². The van der Waals surface area contributed by atoms with E-state index >= 15 is 0 Å². The molecule has 0 amide bonds. The van der Waals surface area contributed by atoms with E-state index in [0.29, 0.717) is 5.88 Å². The SMILES string of the molecule is COc1cc(-c2ccc(Cl)cc2)n(C)n1. The fourth-order valence-electron chi connectivity index (χ4n) is 1.43. The van der Waals surface area contributed by atoms with Crippen molar-refractivity contribution in [3.63, 3.8) is 0 Å². The van der Waals surface area contributed by atoms with Crippen LogP contribution in [0.1, 0.15) is 0 Å². The lowest BCUT2D eigenvalue weighted by Gasteiger charge is -2.00. The maximum Gasteiger partial charge on any atom is 0.233 e. The zero-order valence-corrected chi connectivity index (χ0v) is 9.32. The normalized spacial score (nSPS) is 10.3. The maximum absolute atomic E-state index is 5.82. The number of hydrogen-bond donors (Lipinski definition) is 0. The van der Waals surface area contributed by atoms with Crippen LogP contribution < -0.4 is 4.74 Å². The van der Waals surface area contributed by atoms with Crippen LogP contribution in [-0.2, 0) is 7.05 Å². The van der Waals surface area contributed by atoms with Gasteiger partial charge in [0.2, 0.25) is 5.88 Å². The van der Waals surface area contributed by atoms with Crippen LogP contribution in [0.3, 0.4) is 0 Å². The Morgan fingerprint density at radius 3 is 2.47 bits per heavy atom. The molecule has 0 unspecified atom stereocenters. The Morgan fingerprint density at radius 2 is 1.93 bits per heavy atom. The number of methoxy groups -OCH3 is 1. The van der Waals surface area contributed by atoms with E-state index in [1.54, 1.807) is 11.8 Å². The number of ether oxygens (including phenoxy) is 1. The molecule has 0 aliphatic heterocycles. The van der Waals surface area contributed by atoms with Crippen LogP contribution in [0.15, 0.2) is 30.3 Å². The van der Waals surface area contributed by atoms with Crippen molar-refractivity contribution in [2.24, 2.45) is 7.05 Å². The Bertz CT molecular complexity index is 462. The molecule has 3 nitrogen and oxygen atoms in total. The number of aryl methyl sites for hydroxylation is 1. The Kier molecular flexibility index (Phi) is 2.64. The molecule has 0 saturated carbocycles. The highest BCUT2D eigenvalue weighted by atomic mass is 35.5. The van der Waals surface area contributed by atoms with Crippen molar-refractivity contribution in [3.8, 4) is 17.1 Å². The van der Waals surface area contributed by atoms with E-state index in [4.69, 9.17) is 16.3 Å². The molecule has 0 bridgehead atoms. The molecule has 4 heteroatoms. The van der Waals surface area contributed by atoms with Gasteiger partial charge in [0, 0.05) is 23.7 Å². The van der Waals surface area contributed by atoms with Gasteiger partial charge in [-0.1, -0.05) is 23.7 Å². The lowest BCUT2D eigenvalue weighted by molar-refractivity contribution is 0.392. The molecule has 1 aromatic heterocycles. The van der Waals surface area contributed by atoms with E-state index in [1.807, 2.05) is 37.4 Å². The monoisotopic (exact) mass is 222 g/mol. The van der Waals surface area contributed by atoms with E-state index < -0.39 is 0 Å². The fraction of sp³-hybridized carbons (Fsp3) is 0.182. The van der Waals surface area contributed by atoms with Crippen molar-refractivity contribution in [1.29, 1.82) is 0 Å². The third kappa shape index (κ3) is 1.97. The highest BCUT2D eigenvalue weighted by molar-refractivity contribution is 6.30. The third-order valence-corrected chi connectivity index (χ3v) is 2.46. The molecule has 0 aliphatic rings. The van der Waals surface area contributed by atoms with E-state index in [-0.39, 0.29) is 0 Å². The van der Waals surface area contributed by atoms with Crippen molar-refractivity contribution in [3.05, 3.63) is 35.4 Å². The van der Waals surface area contributed by atoms with E-state index in [0.717, 1.165) is 16.3 Å². The van der Waals surface area contributed by atoms with Crippen molar-refractivity contribution in [2.45, 2.75) is 0 Å². The smallest absolute Gasteiger partial charge is 0.233 e. The molecule has 2 aromatic rings. The quantitative estimate of drug-likeness (QED) is 0.781. The topological polar surface area (TPSA) is 27.1 Å². The number of aromatic nitrogens is 2. The van der Waals surface area contributed by atoms with Crippen molar-refractivity contribution >= 4 is 11.6 Å². The lowest BCUT2D eigenvalue weighted by atomic mass is 10.1. The van der Waals surface area contributed by atoms with Gasteiger partial charge in [-0.05, 0) is 12.1 Å². The number of rotatable bonds is 2. The van der Waals surface area contributed by atoms with E-state index in [9.17, 15) is 0 Å². The molecular formula is C11H11ClN2O. The predicted octanol–water partition coefficient (Wildman–Crippen LogP) is 2.75. The van der Waals surface area contributed by atoms with E-state index in [1.165, 1.54) is 0 Å². The zero-order chi connectivity index (χ0) is 10.8. The lowest BCUT2D eigenvalue weighted by Crippen LogP contribution is -1.93. The second-order valence-corrected chi connectivity index (χ2v) is 3.64. The van der Waals surface area contributed by atoms with Crippen LogP contribution in [0.2, 0.25) is 5.02 Å². The third-order valence-electron chi connectivity index (χ3n) is 2.21. The highest BCUT2D eigenvalue weighted by Crippen LogP contribution is 2.24. The van der Waals surface area contributed by atoms with Gasteiger partial charge in [0.05, 0.1) is 12.8 Å². The summed E-state index contributed by atoms with van der Waals surface area (Å²) in [5.41, 5.74) is 2.07. The molecule has 15 heavy (non-hydrogen) atoms. The maximum atomic E-state index is 5.82. The minimum atomic E-state index is 0.613. The highest BCUT2D eigenvalue weighted by Gasteiger charge is 2.06. The van der Waals surface area contributed by atoms with Crippen LogP contribution >= 0.6 is 11.6 Å². The first-order chi connectivity index (χ1) is 7.20. The molecular weight excluding hydrogens is 212 g/mol. The molecule has 78 valence electrons. The van der Waals surface area contributed by atoms with Gasteiger partial charge < -0.3 is 4.74 Å². The number of hydrogen-bond acceptors (Lipinski definition) is 2. The number of nitrogens with zero attached hydrogens (tertiary/aromatic N) is 2. The molecule has 1 heterocycles. The van der Waals surface area contributed by atoms with Gasteiger partial charge in [0.25, 0.3) is 0 Å². The fourth-order valence-corrected chi connectivity index (χ4v) is 1.56. The van der Waals surface area contributed by atoms with Gasteiger partial charge in [0.15, 0.2) is 0 Å². The van der Waals surface area contributed by atoms with Crippen molar-refractivity contribution < 1.29 is 4.74 Å². The van der Waals surface area contributed by atoms with Crippen LogP contribution in [0, 0.1) is 0 Å². The molecule has 0 radical (unpaired) electrons. The summed E-state index contributed by atoms with van der Waals surface area (Å²) in [6, 6.07) is 9.52. The Morgan fingerprint density at radius 1 is 1.27 bits per heavy atom. The van der Waals surface area contributed by atoms with E-state index in [2.05, 4.69) is 5.10 Å². The Labute approximate surface area is 93.2 Å². The summed E-state index contributed by atoms with van der Waals surface area (Å²) in [6.45, 7) is 0. The van der Waals surface area contributed by atoms with Gasteiger partial charge in [-0.25, -0.2) is 0 Å².